The molecule has 0 aromatic rings. The Morgan fingerprint density at radius 1 is 0.400 bits per heavy atom. The van der Waals surface area contributed by atoms with E-state index in [1.54, 1.807) is 0 Å². The Morgan fingerprint density at radius 3 is 1.05 bits per heavy atom. The average Bonchev–Trinajstić information content (AvgIpc) is 2.46. The standard InChI is InChI=1S/C15H32N2O3/c1-6-16-8-3-12-19-14-5-15-20-13-4-9-17-7-2-11-18-10-1/h16-17H,1-15H2. The highest BCUT2D eigenvalue weighted by molar-refractivity contribution is 4.50. The first-order valence-electron chi connectivity index (χ1n) is 8.15. The summed E-state index contributed by atoms with van der Waals surface area (Å²) in [5, 5.41) is 6.82. The van der Waals surface area contributed by atoms with Crippen LogP contribution in [0, 0.1) is 0 Å². The molecule has 0 atom stereocenters. The minimum Gasteiger partial charge on any atom is -0.381 e. The van der Waals surface area contributed by atoms with Gasteiger partial charge in [-0.25, -0.2) is 0 Å². The maximum Gasteiger partial charge on any atom is 0.0487 e. The molecule has 0 bridgehead atoms. The van der Waals surface area contributed by atoms with Crippen LogP contribution in [0.4, 0.5) is 0 Å². The van der Waals surface area contributed by atoms with E-state index in [9.17, 15) is 0 Å². The topological polar surface area (TPSA) is 51.8 Å². The summed E-state index contributed by atoms with van der Waals surface area (Å²) in [5.41, 5.74) is 0. The number of ether oxygens (including phenoxy) is 3. The van der Waals surface area contributed by atoms with Gasteiger partial charge in [-0.05, 0) is 58.3 Å². The van der Waals surface area contributed by atoms with Crippen LogP contribution in [0.2, 0.25) is 0 Å². The maximum atomic E-state index is 5.59. The van der Waals surface area contributed by atoms with Gasteiger partial charge in [0.2, 0.25) is 0 Å². The predicted molar refractivity (Wildman–Crippen MR) is 81.3 cm³/mol. The third-order valence-corrected chi connectivity index (χ3v) is 3.15. The molecule has 1 aliphatic heterocycles. The highest BCUT2D eigenvalue weighted by Gasteiger charge is 1.95. The van der Waals surface area contributed by atoms with E-state index in [0.717, 1.165) is 97.9 Å². The van der Waals surface area contributed by atoms with Crippen molar-refractivity contribution in [2.24, 2.45) is 0 Å². The highest BCUT2D eigenvalue weighted by Crippen LogP contribution is 1.90. The first-order valence-corrected chi connectivity index (χ1v) is 8.15. The van der Waals surface area contributed by atoms with Crippen molar-refractivity contribution in [1.29, 1.82) is 0 Å². The zero-order valence-corrected chi connectivity index (χ0v) is 12.8. The van der Waals surface area contributed by atoms with Crippen molar-refractivity contribution in [3.05, 3.63) is 0 Å². The number of rotatable bonds is 0. The monoisotopic (exact) mass is 288 g/mol. The van der Waals surface area contributed by atoms with E-state index in [1.165, 1.54) is 0 Å². The molecule has 0 aromatic carbocycles. The Balaban J connectivity index is 2.00. The highest BCUT2D eigenvalue weighted by atomic mass is 16.5. The molecule has 0 spiro atoms. The first-order chi connectivity index (χ1) is 10.0. The predicted octanol–water partition coefficient (Wildman–Crippen LogP) is 1.18. The second-order valence-corrected chi connectivity index (χ2v) is 5.10. The van der Waals surface area contributed by atoms with Gasteiger partial charge in [0.05, 0.1) is 0 Å². The van der Waals surface area contributed by atoms with Gasteiger partial charge in [0.15, 0.2) is 0 Å². The largest absolute Gasteiger partial charge is 0.381 e. The zero-order chi connectivity index (χ0) is 14.1. The molecule has 0 radical (unpaired) electrons. The quantitative estimate of drug-likeness (QED) is 0.701. The van der Waals surface area contributed by atoms with Gasteiger partial charge in [0.1, 0.15) is 0 Å². The van der Waals surface area contributed by atoms with Crippen LogP contribution in [0.5, 0.6) is 0 Å². The van der Waals surface area contributed by atoms with Crippen molar-refractivity contribution in [1.82, 2.24) is 10.6 Å². The molecule has 0 unspecified atom stereocenters. The van der Waals surface area contributed by atoms with Gasteiger partial charge in [0.25, 0.3) is 0 Å². The van der Waals surface area contributed by atoms with Crippen LogP contribution in [-0.4, -0.2) is 65.8 Å². The van der Waals surface area contributed by atoms with Gasteiger partial charge in [-0.15, -0.1) is 0 Å². The smallest absolute Gasteiger partial charge is 0.0487 e. The molecule has 0 amide bonds. The summed E-state index contributed by atoms with van der Waals surface area (Å²) < 4.78 is 16.7. The molecule has 5 heteroatoms. The van der Waals surface area contributed by atoms with Crippen LogP contribution in [-0.2, 0) is 14.2 Å². The Bertz CT molecular complexity index is 108. The van der Waals surface area contributed by atoms with Crippen LogP contribution in [0.25, 0.3) is 0 Å². The summed E-state index contributed by atoms with van der Waals surface area (Å²) in [6.07, 6.45) is 5.33. The van der Waals surface area contributed by atoms with Crippen LogP contribution >= 0.6 is 0 Å². The van der Waals surface area contributed by atoms with Crippen LogP contribution < -0.4 is 10.6 Å². The average molecular weight is 288 g/mol. The molecule has 120 valence electrons. The van der Waals surface area contributed by atoms with E-state index >= 15 is 0 Å². The number of hydrogen-bond donors (Lipinski definition) is 2. The van der Waals surface area contributed by atoms with E-state index in [4.69, 9.17) is 14.2 Å². The molecule has 0 saturated carbocycles. The summed E-state index contributed by atoms with van der Waals surface area (Å²) in [4.78, 5) is 0. The summed E-state index contributed by atoms with van der Waals surface area (Å²) in [6, 6.07) is 0. The Hall–Kier alpha value is -0.200. The SMILES string of the molecule is C1CNCCCOCCCOCCCNCCCOC1. The third-order valence-electron chi connectivity index (χ3n) is 3.15. The molecule has 2 N–H and O–H groups in total. The molecular weight excluding hydrogens is 256 g/mol. The van der Waals surface area contributed by atoms with E-state index in [2.05, 4.69) is 10.6 Å². The molecule has 5 nitrogen and oxygen atoms in total. The summed E-state index contributed by atoms with van der Waals surface area (Å²) in [6.45, 7) is 9.15. The fraction of sp³-hybridized carbons (Fsp3) is 1.00. The second-order valence-electron chi connectivity index (χ2n) is 5.10. The molecule has 20 heavy (non-hydrogen) atoms. The van der Waals surface area contributed by atoms with Gasteiger partial charge >= 0.3 is 0 Å². The lowest BCUT2D eigenvalue weighted by molar-refractivity contribution is 0.0804. The van der Waals surface area contributed by atoms with Gasteiger partial charge in [-0.2, -0.15) is 0 Å². The minimum absolute atomic E-state index is 0.812. The summed E-state index contributed by atoms with van der Waals surface area (Å²) in [7, 11) is 0. The van der Waals surface area contributed by atoms with E-state index in [0.29, 0.717) is 0 Å². The molecular formula is C15H32N2O3. The maximum absolute atomic E-state index is 5.59. The van der Waals surface area contributed by atoms with Gasteiger partial charge in [-0.1, -0.05) is 0 Å². The summed E-state index contributed by atoms with van der Waals surface area (Å²) >= 11 is 0. The molecule has 1 aliphatic rings. The lowest BCUT2D eigenvalue weighted by Crippen LogP contribution is -2.21. The normalized spacial score (nSPS) is 24.0. The zero-order valence-electron chi connectivity index (χ0n) is 12.8. The van der Waals surface area contributed by atoms with Crippen LogP contribution in [0.1, 0.15) is 32.1 Å². The van der Waals surface area contributed by atoms with Crippen molar-refractivity contribution >= 4 is 0 Å². The Labute approximate surface area is 123 Å². The van der Waals surface area contributed by atoms with Crippen molar-refractivity contribution in [2.45, 2.75) is 32.1 Å². The van der Waals surface area contributed by atoms with Crippen LogP contribution in [0.3, 0.4) is 0 Å². The van der Waals surface area contributed by atoms with E-state index < -0.39 is 0 Å². The first kappa shape index (κ1) is 17.9. The Kier molecular flexibility index (Phi) is 13.6. The van der Waals surface area contributed by atoms with Gasteiger partial charge in [-0.3, -0.25) is 0 Å². The lowest BCUT2D eigenvalue weighted by atomic mass is 10.4. The molecule has 0 aliphatic carbocycles. The number of nitrogens with one attached hydrogen (secondary N) is 2. The lowest BCUT2D eigenvalue weighted by Gasteiger charge is -2.09. The fourth-order valence-electron chi connectivity index (χ4n) is 2.02. The summed E-state index contributed by atoms with van der Waals surface area (Å²) in [5.74, 6) is 0. The molecule has 1 fully saturated rings. The molecule has 1 saturated heterocycles. The minimum atomic E-state index is 0.812. The van der Waals surface area contributed by atoms with Crippen molar-refractivity contribution in [3.63, 3.8) is 0 Å². The number of hydrogen-bond acceptors (Lipinski definition) is 5. The van der Waals surface area contributed by atoms with Crippen molar-refractivity contribution in [3.8, 4) is 0 Å². The third kappa shape index (κ3) is 12.8. The van der Waals surface area contributed by atoms with Crippen molar-refractivity contribution < 1.29 is 14.2 Å². The Morgan fingerprint density at radius 2 is 0.700 bits per heavy atom. The molecule has 1 rings (SSSR count). The van der Waals surface area contributed by atoms with Gasteiger partial charge in [0, 0.05) is 39.6 Å². The second kappa shape index (κ2) is 15.2. The van der Waals surface area contributed by atoms with Gasteiger partial charge < -0.3 is 24.8 Å². The fourth-order valence-corrected chi connectivity index (χ4v) is 2.02. The van der Waals surface area contributed by atoms with E-state index in [1.807, 2.05) is 0 Å². The van der Waals surface area contributed by atoms with Crippen molar-refractivity contribution in [2.75, 3.05) is 65.8 Å². The van der Waals surface area contributed by atoms with Crippen LogP contribution in [0.15, 0.2) is 0 Å². The van der Waals surface area contributed by atoms with E-state index in [-0.39, 0.29) is 0 Å². The molecule has 1 heterocycles. The molecule has 0 aromatic heterocycles.